The van der Waals surface area contributed by atoms with Crippen molar-refractivity contribution in [1.29, 1.82) is 0 Å². The number of halogens is 1. The number of fused-ring (bicyclic) bond motifs is 1. The van der Waals surface area contributed by atoms with Gasteiger partial charge >= 0.3 is 0 Å². The Labute approximate surface area is 196 Å². The van der Waals surface area contributed by atoms with Crippen molar-refractivity contribution in [1.82, 2.24) is 14.9 Å². The van der Waals surface area contributed by atoms with E-state index >= 15 is 0 Å². The smallest absolute Gasteiger partial charge is 0.219 e. The molecule has 0 saturated heterocycles. The van der Waals surface area contributed by atoms with Crippen molar-refractivity contribution >= 4 is 28.5 Å². The van der Waals surface area contributed by atoms with Crippen LogP contribution in [0.15, 0.2) is 42.5 Å². The van der Waals surface area contributed by atoms with Gasteiger partial charge in [-0.1, -0.05) is 37.1 Å². The zero-order chi connectivity index (χ0) is 22.8. The van der Waals surface area contributed by atoms with Crippen LogP contribution in [-0.4, -0.2) is 28.6 Å². The van der Waals surface area contributed by atoms with E-state index in [-0.39, 0.29) is 5.91 Å². The van der Waals surface area contributed by atoms with Gasteiger partial charge in [-0.05, 0) is 68.5 Å². The van der Waals surface area contributed by atoms with Gasteiger partial charge in [-0.25, -0.2) is 4.98 Å². The average molecular weight is 456 g/mol. The fraction of sp³-hybridized carbons (Fsp3) is 0.462. The van der Waals surface area contributed by atoms with E-state index in [9.17, 15) is 4.79 Å². The van der Waals surface area contributed by atoms with Crippen molar-refractivity contribution in [2.45, 2.75) is 65.3 Å². The second-order valence-corrected chi connectivity index (χ2v) is 8.60. The van der Waals surface area contributed by atoms with Gasteiger partial charge in [0.05, 0.1) is 17.6 Å². The zero-order valence-electron chi connectivity index (χ0n) is 19.2. The number of carbonyl (C=O) groups is 1. The Kier molecular flexibility index (Phi) is 9.42. The number of benzene rings is 2. The van der Waals surface area contributed by atoms with Crippen molar-refractivity contribution in [3.05, 3.63) is 58.9 Å². The molecule has 0 spiro atoms. The molecule has 1 amide bonds. The van der Waals surface area contributed by atoms with Crippen LogP contribution in [0.2, 0.25) is 5.02 Å². The summed E-state index contributed by atoms with van der Waals surface area (Å²) in [5.41, 5.74) is 3.25. The Hall–Kier alpha value is -2.53. The maximum Gasteiger partial charge on any atom is 0.219 e. The van der Waals surface area contributed by atoms with E-state index in [1.165, 1.54) is 5.52 Å². The third kappa shape index (κ3) is 6.99. The quantitative estimate of drug-likeness (QED) is 0.317. The highest BCUT2D eigenvalue weighted by Gasteiger charge is 2.10. The fourth-order valence-electron chi connectivity index (χ4n) is 3.81. The first-order valence-corrected chi connectivity index (χ1v) is 12.1. The van der Waals surface area contributed by atoms with Gasteiger partial charge in [-0.15, -0.1) is 0 Å². The lowest BCUT2D eigenvalue weighted by molar-refractivity contribution is -0.121. The van der Waals surface area contributed by atoms with Crippen LogP contribution in [0.5, 0.6) is 5.75 Å². The van der Waals surface area contributed by atoms with Gasteiger partial charge in [-0.2, -0.15) is 0 Å². The SMILES string of the molecule is CCCC(=O)NCCCCCc1nc2ccccc2n1CCCOc1ccc(Cl)c(C)c1. The van der Waals surface area contributed by atoms with Crippen LogP contribution in [0.3, 0.4) is 0 Å². The van der Waals surface area contributed by atoms with Crippen LogP contribution >= 0.6 is 11.6 Å². The maximum atomic E-state index is 11.5. The first-order valence-electron chi connectivity index (χ1n) is 11.7. The van der Waals surface area contributed by atoms with Crippen molar-refractivity contribution in [3.63, 3.8) is 0 Å². The fourth-order valence-corrected chi connectivity index (χ4v) is 3.93. The first-order chi connectivity index (χ1) is 15.6. The van der Waals surface area contributed by atoms with E-state index in [1.807, 2.05) is 38.1 Å². The van der Waals surface area contributed by atoms with Gasteiger partial charge in [0, 0.05) is 31.0 Å². The molecule has 1 heterocycles. The van der Waals surface area contributed by atoms with Crippen LogP contribution in [0.4, 0.5) is 0 Å². The molecule has 2 aromatic carbocycles. The maximum absolute atomic E-state index is 11.5. The number of para-hydroxylation sites is 2. The third-order valence-electron chi connectivity index (χ3n) is 5.53. The number of unbranched alkanes of at least 4 members (excludes halogenated alkanes) is 2. The molecule has 0 bridgehead atoms. The molecule has 32 heavy (non-hydrogen) atoms. The Bertz CT molecular complexity index is 1020. The molecule has 0 atom stereocenters. The lowest BCUT2D eigenvalue weighted by atomic mass is 10.2. The van der Waals surface area contributed by atoms with Crippen LogP contribution in [0.1, 0.15) is 56.8 Å². The van der Waals surface area contributed by atoms with Gasteiger partial charge in [0.2, 0.25) is 5.91 Å². The van der Waals surface area contributed by atoms with Crippen molar-refractivity contribution in [2.75, 3.05) is 13.2 Å². The molecule has 0 unspecified atom stereocenters. The Balaban J connectivity index is 1.50. The first kappa shape index (κ1) is 24.1. The molecule has 0 saturated carbocycles. The summed E-state index contributed by atoms with van der Waals surface area (Å²) < 4.78 is 8.26. The molecule has 1 aromatic heterocycles. The van der Waals surface area contributed by atoms with E-state index < -0.39 is 0 Å². The molecule has 5 nitrogen and oxygen atoms in total. The number of carbonyl (C=O) groups excluding carboxylic acids is 1. The summed E-state index contributed by atoms with van der Waals surface area (Å²) in [4.78, 5) is 16.4. The summed E-state index contributed by atoms with van der Waals surface area (Å²) >= 11 is 6.09. The molecule has 1 N–H and O–H groups in total. The van der Waals surface area contributed by atoms with Gasteiger partial charge in [0.15, 0.2) is 0 Å². The minimum absolute atomic E-state index is 0.158. The average Bonchev–Trinajstić information content (AvgIpc) is 3.13. The molecule has 0 fully saturated rings. The number of hydrogen-bond donors (Lipinski definition) is 1. The lowest BCUT2D eigenvalue weighted by Gasteiger charge is -2.11. The molecular weight excluding hydrogens is 422 g/mol. The van der Waals surface area contributed by atoms with Gasteiger partial charge in [-0.3, -0.25) is 4.79 Å². The second kappa shape index (κ2) is 12.5. The normalized spacial score (nSPS) is 11.1. The van der Waals surface area contributed by atoms with Gasteiger partial charge in [0.1, 0.15) is 11.6 Å². The summed E-state index contributed by atoms with van der Waals surface area (Å²) in [6, 6.07) is 14.1. The van der Waals surface area contributed by atoms with Crippen molar-refractivity contribution < 1.29 is 9.53 Å². The lowest BCUT2D eigenvalue weighted by Crippen LogP contribution is -2.23. The summed E-state index contributed by atoms with van der Waals surface area (Å²) in [5.74, 6) is 2.14. The number of aromatic nitrogens is 2. The monoisotopic (exact) mass is 455 g/mol. The van der Waals surface area contributed by atoms with Crippen molar-refractivity contribution in [3.8, 4) is 5.75 Å². The minimum atomic E-state index is 0.158. The highest BCUT2D eigenvalue weighted by Crippen LogP contribution is 2.22. The van der Waals surface area contributed by atoms with E-state index in [4.69, 9.17) is 21.3 Å². The molecule has 172 valence electrons. The number of amides is 1. The Morgan fingerprint density at radius 1 is 1.12 bits per heavy atom. The molecule has 0 aliphatic rings. The van der Waals surface area contributed by atoms with Crippen LogP contribution in [0.25, 0.3) is 11.0 Å². The molecule has 3 aromatic rings. The molecule has 0 aliphatic heterocycles. The molecule has 0 radical (unpaired) electrons. The van der Waals surface area contributed by atoms with Crippen LogP contribution in [-0.2, 0) is 17.8 Å². The standard InChI is InChI=1S/C26H34ClN3O2/c1-3-10-26(31)28-16-8-4-5-13-25-29-23-11-6-7-12-24(23)30(25)17-9-18-32-21-14-15-22(27)20(2)19-21/h6-7,11-12,14-15,19H,3-5,8-10,13,16-18H2,1-2H3,(H,28,31). The molecular formula is C26H34ClN3O2. The number of nitrogens with one attached hydrogen (secondary N) is 1. The number of rotatable bonds is 13. The Morgan fingerprint density at radius 2 is 1.97 bits per heavy atom. The van der Waals surface area contributed by atoms with Crippen LogP contribution in [0, 0.1) is 6.92 Å². The molecule has 0 aliphatic carbocycles. The largest absolute Gasteiger partial charge is 0.494 e. The van der Waals surface area contributed by atoms with E-state index in [0.717, 1.165) is 79.3 Å². The highest BCUT2D eigenvalue weighted by atomic mass is 35.5. The number of ether oxygens (including phenoxy) is 1. The number of nitrogens with zero attached hydrogens (tertiary/aromatic N) is 2. The predicted octanol–water partition coefficient (Wildman–Crippen LogP) is 6.10. The second-order valence-electron chi connectivity index (χ2n) is 8.19. The van der Waals surface area contributed by atoms with Gasteiger partial charge < -0.3 is 14.6 Å². The summed E-state index contributed by atoms with van der Waals surface area (Å²) in [5, 5.41) is 3.75. The minimum Gasteiger partial charge on any atom is -0.494 e. The number of imidazole rings is 1. The highest BCUT2D eigenvalue weighted by molar-refractivity contribution is 6.31. The number of hydrogen-bond acceptors (Lipinski definition) is 3. The Morgan fingerprint density at radius 3 is 2.78 bits per heavy atom. The molecule has 6 heteroatoms. The van der Waals surface area contributed by atoms with E-state index in [2.05, 4.69) is 28.1 Å². The van der Waals surface area contributed by atoms with Gasteiger partial charge in [0.25, 0.3) is 0 Å². The zero-order valence-corrected chi connectivity index (χ0v) is 20.0. The summed E-state index contributed by atoms with van der Waals surface area (Å²) in [6.07, 6.45) is 6.50. The number of aryl methyl sites for hydroxylation is 3. The molecule has 3 rings (SSSR count). The topological polar surface area (TPSA) is 56.2 Å². The van der Waals surface area contributed by atoms with E-state index in [1.54, 1.807) is 0 Å². The van der Waals surface area contributed by atoms with E-state index in [0.29, 0.717) is 13.0 Å². The third-order valence-corrected chi connectivity index (χ3v) is 5.96. The predicted molar refractivity (Wildman–Crippen MR) is 132 cm³/mol. The summed E-state index contributed by atoms with van der Waals surface area (Å²) in [6.45, 7) is 6.28. The van der Waals surface area contributed by atoms with Crippen molar-refractivity contribution in [2.24, 2.45) is 0 Å². The summed E-state index contributed by atoms with van der Waals surface area (Å²) in [7, 11) is 0. The van der Waals surface area contributed by atoms with Crippen LogP contribution < -0.4 is 10.1 Å².